The van der Waals surface area contributed by atoms with E-state index in [0.29, 0.717) is 10.9 Å². The van der Waals surface area contributed by atoms with Gasteiger partial charge in [0.05, 0.1) is 10.9 Å². The van der Waals surface area contributed by atoms with Crippen molar-refractivity contribution in [3.05, 3.63) is 18.0 Å². The standard InChI is InChI=1S/C7H6N4O2/c8-6-3-1-9-2-4(7(12)13)5(3)10-11-6/h1-2H,(H,12,13)(H3,8,10,11). The van der Waals surface area contributed by atoms with Crippen molar-refractivity contribution in [1.29, 1.82) is 0 Å². The zero-order valence-corrected chi connectivity index (χ0v) is 6.48. The average Bonchev–Trinajstić information content (AvgIpc) is 2.48. The van der Waals surface area contributed by atoms with E-state index in [4.69, 9.17) is 10.8 Å². The van der Waals surface area contributed by atoms with Crippen LogP contribution in [0.5, 0.6) is 0 Å². The highest BCUT2D eigenvalue weighted by Gasteiger charge is 2.12. The first-order valence-electron chi connectivity index (χ1n) is 3.51. The van der Waals surface area contributed by atoms with Crippen LogP contribution in [0.2, 0.25) is 0 Å². The van der Waals surface area contributed by atoms with Gasteiger partial charge in [0, 0.05) is 12.4 Å². The van der Waals surface area contributed by atoms with E-state index in [1.165, 1.54) is 12.4 Å². The van der Waals surface area contributed by atoms with E-state index in [0.717, 1.165) is 0 Å². The van der Waals surface area contributed by atoms with Gasteiger partial charge in [0.15, 0.2) is 5.82 Å². The van der Waals surface area contributed by atoms with Crippen LogP contribution in [0.3, 0.4) is 0 Å². The van der Waals surface area contributed by atoms with Gasteiger partial charge in [-0.2, -0.15) is 5.10 Å². The van der Waals surface area contributed by atoms with Crippen LogP contribution in [-0.4, -0.2) is 26.3 Å². The van der Waals surface area contributed by atoms with Gasteiger partial charge < -0.3 is 10.8 Å². The second kappa shape index (κ2) is 2.44. The molecule has 6 nitrogen and oxygen atoms in total. The molecule has 0 amide bonds. The monoisotopic (exact) mass is 178 g/mol. The maximum atomic E-state index is 10.7. The number of carboxylic acids is 1. The van der Waals surface area contributed by atoms with Crippen LogP contribution in [0, 0.1) is 0 Å². The van der Waals surface area contributed by atoms with Crippen molar-refractivity contribution >= 4 is 22.7 Å². The molecule has 66 valence electrons. The Balaban J connectivity index is 2.84. The first kappa shape index (κ1) is 7.53. The number of hydrogen-bond donors (Lipinski definition) is 3. The smallest absolute Gasteiger partial charge is 0.339 e. The first-order chi connectivity index (χ1) is 6.20. The number of H-pyrrole nitrogens is 1. The van der Waals surface area contributed by atoms with E-state index in [2.05, 4.69) is 15.2 Å². The van der Waals surface area contributed by atoms with E-state index in [-0.39, 0.29) is 11.4 Å². The van der Waals surface area contributed by atoms with Crippen molar-refractivity contribution in [3.8, 4) is 0 Å². The molecule has 0 saturated carbocycles. The van der Waals surface area contributed by atoms with Crippen LogP contribution in [0.1, 0.15) is 10.4 Å². The van der Waals surface area contributed by atoms with Gasteiger partial charge in [-0.05, 0) is 0 Å². The molecule has 2 aromatic heterocycles. The lowest BCUT2D eigenvalue weighted by Crippen LogP contribution is -1.98. The van der Waals surface area contributed by atoms with E-state index < -0.39 is 5.97 Å². The normalized spacial score (nSPS) is 10.5. The third-order valence-corrected chi connectivity index (χ3v) is 1.74. The van der Waals surface area contributed by atoms with E-state index in [1.54, 1.807) is 0 Å². The molecule has 0 atom stereocenters. The van der Waals surface area contributed by atoms with E-state index in [9.17, 15) is 4.79 Å². The molecule has 4 N–H and O–H groups in total. The summed E-state index contributed by atoms with van der Waals surface area (Å²) in [4.78, 5) is 14.4. The van der Waals surface area contributed by atoms with Gasteiger partial charge in [-0.3, -0.25) is 10.1 Å². The number of carboxylic acid groups (broad SMARTS) is 1. The molecule has 0 bridgehead atoms. The van der Waals surface area contributed by atoms with Gasteiger partial charge in [-0.1, -0.05) is 0 Å². The van der Waals surface area contributed by atoms with Crippen molar-refractivity contribution in [2.75, 3.05) is 5.73 Å². The number of aromatic nitrogens is 3. The molecule has 6 heteroatoms. The number of fused-ring (bicyclic) bond motifs is 1. The summed E-state index contributed by atoms with van der Waals surface area (Å²) >= 11 is 0. The highest BCUT2D eigenvalue weighted by Crippen LogP contribution is 2.19. The molecule has 13 heavy (non-hydrogen) atoms. The minimum atomic E-state index is -1.05. The van der Waals surface area contributed by atoms with Crippen LogP contribution >= 0.6 is 0 Å². The summed E-state index contributed by atoms with van der Waals surface area (Å²) in [6, 6.07) is 0. The predicted octanol–water partition coefficient (Wildman–Crippen LogP) is 0.238. The summed E-state index contributed by atoms with van der Waals surface area (Å²) in [6.07, 6.45) is 2.73. The summed E-state index contributed by atoms with van der Waals surface area (Å²) in [6.45, 7) is 0. The Morgan fingerprint density at radius 3 is 3.00 bits per heavy atom. The Labute approximate surface area is 72.4 Å². The number of hydrogen-bond acceptors (Lipinski definition) is 4. The molecule has 0 aliphatic rings. The maximum Gasteiger partial charge on any atom is 0.339 e. The zero-order valence-electron chi connectivity index (χ0n) is 6.48. The van der Waals surface area contributed by atoms with Gasteiger partial charge >= 0.3 is 5.97 Å². The van der Waals surface area contributed by atoms with Gasteiger partial charge in [0.1, 0.15) is 5.56 Å². The lowest BCUT2D eigenvalue weighted by Gasteiger charge is -1.94. The molecule has 2 aromatic rings. The number of pyridine rings is 1. The summed E-state index contributed by atoms with van der Waals surface area (Å²) in [7, 11) is 0. The molecular formula is C7H6N4O2. The Morgan fingerprint density at radius 2 is 2.31 bits per heavy atom. The van der Waals surface area contributed by atoms with Crippen molar-refractivity contribution in [2.45, 2.75) is 0 Å². The van der Waals surface area contributed by atoms with Crippen molar-refractivity contribution < 1.29 is 9.90 Å². The topological polar surface area (TPSA) is 105 Å². The summed E-state index contributed by atoms with van der Waals surface area (Å²) < 4.78 is 0. The quantitative estimate of drug-likeness (QED) is 0.580. The zero-order chi connectivity index (χ0) is 9.42. The molecule has 2 rings (SSSR count). The largest absolute Gasteiger partial charge is 0.478 e. The predicted molar refractivity (Wildman–Crippen MR) is 45.3 cm³/mol. The number of nitrogen functional groups attached to an aromatic ring is 1. The average molecular weight is 178 g/mol. The molecule has 0 saturated heterocycles. The Kier molecular flexibility index (Phi) is 1.42. The fourth-order valence-electron chi connectivity index (χ4n) is 1.11. The second-order valence-electron chi connectivity index (χ2n) is 2.52. The Hall–Kier alpha value is -2.11. The molecule has 0 spiro atoms. The molecule has 2 heterocycles. The summed E-state index contributed by atoms with van der Waals surface area (Å²) in [5.41, 5.74) is 5.94. The van der Waals surface area contributed by atoms with Crippen LogP contribution in [0.4, 0.5) is 5.82 Å². The van der Waals surface area contributed by atoms with Gasteiger partial charge in [0.25, 0.3) is 0 Å². The van der Waals surface area contributed by atoms with E-state index >= 15 is 0 Å². The Morgan fingerprint density at radius 1 is 1.54 bits per heavy atom. The minimum Gasteiger partial charge on any atom is -0.478 e. The number of carbonyl (C=O) groups is 1. The van der Waals surface area contributed by atoms with Crippen molar-refractivity contribution in [2.24, 2.45) is 0 Å². The van der Waals surface area contributed by atoms with Crippen molar-refractivity contribution in [3.63, 3.8) is 0 Å². The van der Waals surface area contributed by atoms with E-state index in [1.807, 2.05) is 0 Å². The van der Waals surface area contributed by atoms with Crippen molar-refractivity contribution in [1.82, 2.24) is 15.2 Å². The highest BCUT2D eigenvalue weighted by molar-refractivity contribution is 6.03. The fourth-order valence-corrected chi connectivity index (χ4v) is 1.11. The molecule has 0 unspecified atom stereocenters. The molecule has 0 fully saturated rings. The highest BCUT2D eigenvalue weighted by atomic mass is 16.4. The van der Waals surface area contributed by atoms with Crippen LogP contribution in [-0.2, 0) is 0 Å². The van der Waals surface area contributed by atoms with Crippen LogP contribution in [0.25, 0.3) is 10.9 Å². The first-order valence-corrected chi connectivity index (χ1v) is 3.51. The molecule has 0 aliphatic carbocycles. The maximum absolute atomic E-state index is 10.7. The minimum absolute atomic E-state index is 0.0710. The lowest BCUT2D eigenvalue weighted by molar-refractivity contribution is 0.0698. The van der Waals surface area contributed by atoms with Crippen LogP contribution in [0.15, 0.2) is 12.4 Å². The molecular weight excluding hydrogens is 172 g/mol. The SMILES string of the molecule is Nc1n[nH]c2c(C(=O)O)cncc12. The van der Waals surface area contributed by atoms with Gasteiger partial charge in [-0.15, -0.1) is 0 Å². The fraction of sp³-hybridized carbons (Fsp3) is 0. The van der Waals surface area contributed by atoms with Gasteiger partial charge in [0.2, 0.25) is 0 Å². The van der Waals surface area contributed by atoms with Gasteiger partial charge in [-0.25, -0.2) is 4.79 Å². The number of aromatic carboxylic acids is 1. The molecule has 0 aliphatic heterocycles. The number of anilines is 1. The summed E-state index contributed by atoms with van der Waals surface area (Å²) in [5, 5.41) is 15.5. The van der Waals surface area contributed by atoms with Crippen LogP contribution < -0.4 is 5.73 Å². The third kappa shape index (κ3) is 0.994. The number of nitrogens with two attached hydrogens (primary N) is 1. The third-order valence-electron chi connectivity index (χ3n) is 1.74. The molecule has 0 radical (unpaired) electrons. The Bertz CT molecular complexity index is 476. The molecule has 0 aromatic carbocycles. The number of aromatic amines is 1. The summed E-state index contributed by atoms with van der Waals surface area (Å²) in [5.74, 6) is -0.799. The second-order valence-corrected chi connectivity index (χ2v) is 2.52. The number of nitrogens with one attached hydrogen (secondary N) is 1. The lowest BCUT2D eigenvalue weighted by atomic mass is 10.2. The number of rotatable bonds is 1. The number of nitrogens with zero attached hydrogens (tertiary/aromatic N) is 2.